The fourth-order valence-corrected chi connectivity index (χ4v) is 7.83. The third-order valence-corrected chi connectivity index (χ3v) is 10.4. The number of rotatable bonds is 4. The fraction of sp³-hybridized carbons (Fsp3) is 0. The van der Waals surface area contributed by atoms with Crippen molar-refractivity contribution < 1.29 is 18.6 Å². The Kier molecular flexibility index (Phi) is 10.5. The number of pyridine rings is 1. The van der Waals surface area contributed by atoms with Crippen LogP contribution in [0.15, 0.2) is 194 Å². The Labute approximate surface area is 354 Å². The van der Waals surface area contributed by atoms with E-state index < -0.39 is 0 Å². The summed E-state index contributed by atoms with van der Waals surface area (Å²) in [4.78, 5) is 18.1. The molecule has 8 bridgehead atoms. The molecule has 0 amide bonds. The fourth-order valence-electron chi connectivity index (χ4n) is 7.83. The van der Waals surface area contributed by atoms with Crippen molar-refractivity contribution in [2.45, 2.75) is 0 Å². The van der Waals surface area contributed by atoms with Gasteiger partial charge in [-0.25, -0.2) is 9.97 Å². The van der Waals surface area contributed by atoms with Gasteiger partial charge in [-0.3, -0.25) is 4.98 Å². The van der Waals surface area contributed by atoms with Crippen molar-refractivity contribution >= 4 is 57.3 Å². The molecule has 59 heavy (non-hydrogen) atoms. The summed E-state index contributed by atoms with van der Waals surface area (Å²) < 4.78 is 2.41. The van der Waals surface area contributed by atoms with Crippen LogP contribution in [0.3, 0.4) is 0 Å². The van der Waals surface area contributed by atoms with Crippen molar-refractivity contribution in [2.24, 2.45) is 0 Å². The minimum absolute atomic E-state index is 0. The van der Waals surface area contributed by atoms with Crippen LogP contribution in [0, 0.1) is 0 Å². The molecule has 6 heteroatoms. The van der Waals surface area contributed by atoms with Crippen molar-refractivity contribution in [3.63, 3.8) is 0 Å². The Bertz CT molecular complexity index is 3080. The Morgan fingerprint density at radius 3 is 1.58 bits per heavy atom. The third kappa shape index (κ3) is 7.61. The van der Waals surface area contributed by atoms with Gasteiger partial charge in [-0.05, 0) is 95.6 Å². The van der Waals surface area contributed by atoms with E-state index in [9.17, 15) is 0 Å². The SMILES string of the molecule is C1=Cc2cc3c(-c4ccccc4)c(-c4ccccc4)c(c(-c4ccccc4)c4nc(cc5ccc(cc1n2)[nH]5)C=C4)n3-c1ccccc1.[V].c1ccc2ncccc2c1. The molecule has 0 atom stereocenters. The Hall–Kier alpha value is -7.31. The van der Waals surface area contributed by atoms with Gasteiger partial charge in [0.05, 0.1) is 39.3 Å². The van der Waals surface area contributed by atoms with E-state index in [1.54, 1.807) is 0 Å². The second kappa shape index (κ2) is 16.7. The zero-order chi connectivity index (χ0) is 38.7. The Morgan fingerprint density at radius 1 is 0.424 bits per heavy atom. The molecule has 1 N–H and O–H groups in total. The predicted molar refractivity (Wildman–Crippen MR) is 242 cm³/mol. The Balaban J connectivity index is 0.000000356. The average molecular weight is 795 g/mol. The molecule has 1 radical (unpaired) electrons. The van der Waals surface area contributed by atoms with Gasteiger partial charge >= 0.3 is 0 Å². The number of para-hydroxylation sites is 2. The third-order valence-electron chi connectivity index (χ3n) is 10.4. The van der Waals surface area contributed by atoms with E-state index in [4.69, 9.17) is 9.97 Å². The number of hydrogen-bond acceptors (Lipinski definition) is 3. The van der Waals surface area contributed by atoms with Crippen LogP contribution in [0.4, 0.5) is 0 Å². The van der Waals surface area contributed by atoms with Gasteiger partial charge in [0.2, 0.25) is 0 Å². The molecule has 9 aromatic rings. The summed E-state index contributed by atoms with van der Waals surface area (Å²) in [5.74, 6) is 0. The molecule has 0 unspecified atom stereocenters. The predicted octanol–water partition coefficient (Wildman–Crippen LogP) is 13.4. The molecule has 279 valence electrons. The number of aromatic nitrogens is 5. The number of fused-ring (bicyclic) bond motifs is 9. The minimum Gasteiger partial charge on any atom is -0.355 e. The van der Waals surface area contributed by atoms with Gasteiger partial charge in [0.1, 0.15) is 0 Å². The molecule has 0 saturated heterocycles. The van der Waals surface area contributed by atoms with Gasteiger partial charge in [0.15, 0.2) is 0 Å². The molecule has 2 aliphatic heterocycles. The average Bonchev–Trinajstić information content (AvgIpc) is 4.10. The minimum atomic E-state index is 0. The second-order valence-electron chi connectivity index (χ2n) is 14.2. The molecule has 0 aliphatic carbocycles. The molecular formula is C53H37N5V. The van der Waals surface area contributed by atoms with Crippen LogP contribution in [0.2, 0.25) is 0 Å². The van der Waals surface area contributed by atoms with Crippen molar-refractivity contribution in [2.75, 3.05) is 0 Å². The van der Waals surface area contributed by atoms with Gasteiger partial charge in [-0.2, -0.15) is 0 Å². The van der Waals surface area contributed by atoms with E-state index in [1.165, 1.54) is 5.39 Å². The van der Waals surface area contributed by atoms with Crippen LogP contribution in [0.1, 0.15) is 22.8 Å². The summed E-state index contributed by atoms with van der Waals surface area (Å²) in [6.07, 6.45) is 10.2. The Morgan fingerprint density at radius 2 is 0.932 bits per heavy atom. The first kappa shape index (κ1) is 37.3. The molecule has 0 saturated carbocycles. The van der Waals surface area contributed by atoms with Crippen molar-refractivity contribution in [1.29, 1.82) is 0 Å². The van der Waals surface area contributed by atoms with Crippen molar-refractivity contribution in [3.05, 3.63) is 217 Å². The van der Waals surface area contributed by atoms with Gasteiger partial charge in [-0.15, -0.1) is 0 Å². The molecule has 5 aromatic carbocycles. The van der Waals surface area contributed by atoms with Crippen LogP contribution >= 0.6 is 0 Å². The smallest absolute Gasteiger partial charge is 0.0737 e. The summed E-state index contributed by atoms with van der Waals surface area (Å²) in [5, 5.41) is 1.20. The van der Waals surface area contributed by atoms with Crippen LogP contribution in [0.5, 0.6) is 0 Å². The zero-order valence-corrected chi connectivity index (χ0v) is 33.4. The van der Waals surface area contributed by atoms with Crippen molar-refractivity contribution in [1.82, 2.24) is 24.5 Å². The van der Waals surface area contributed by atoms with E-state index in [0.29, 0.717) is 0 Å². The number of hydrogen-bond donors (Lipinski definition) is 1. The monoisotopic (exact) mass is 794 g/mol. The first-order chi connectivity index (χ1) is 28.7. The van der Waals surface area contributed by atoms with Gasteiger partial charge in [0.25, 0.3) is 0 Å². The number of nitrogens with zero attached hydrogens (tertiary/aromatic N) is 4. The zero-order valence-electron chi connectivity index (χ0n) is 32.0. The number of H-pyrrole nitrogens is 1. The van der Waals surface area contributed by atoms with E-state index in [-0.39, 0.29) is 18.6 Å². The normalized spacial score (nSPS) is 11.5. The van der Waals surface area contributed by atoms with Gasteiger partial charge < -0.3 is 9.55 Å². The van der Waals surface area contributed by atoms with Gasteiger partial charge in [-0.1, -0.05) is 133 Å². The first-order valence-electron chi connectivity index (χ1n) is 19.4. The summed E-state index contributed by atoms with van der Waals surface area (Å²) in [6, 6.07) is 65.4. The molecule has 0 spiro atoms. The summed E-state index contributed by atoms with van der Waals surface area (Å²) in [7, 11) is 0. The standard InChI is InChI=1S/C44H30N4.C9H7N.V/c1-5-13-30(14-6-1)41-39-26-25-36(47-39)28-35-22-21-33(45-35)27-34-23-24-37(46-34)29-40-42(31-15-7-2-8-16-31)43(32-17-9-3-10-18-32)44(41)48(40)38-19-11-4-12-20-38;1-2-6-9-8(4-1)5-3-7-10-9;/h1-29,45H;1-7H;. The number of aromatic amines is 1. The molecule has 0 fully saturated rings. The van der Waals surface area contributed by atoms with E-state index in [2.05, 4.69) is 203 Å². The van der Waals surface area contributed by atoms with Crippen LogP contribution in [0.25, 0.3) is 96.3 Å². The maximum atomic E-state index is 5.29. The van der Waals surface area contributed by atoms with Gasteiger partial charge in [0, 0.05) is 63.5 Å². The molecule has 11 rings (SSSR count). The largest absolute Gasteiger partial charge is 0.355 e. The number of nitrogens with one attached hydrogen (secondary N) is 1. The number of benzene rings is 5. The van der Waals surface area contributed by atoms with Crippen molar-refractivity contribution in [3.8, 4) is 39.1 Å². The molecule has 2 aliphatic rings. The summed E-state index contributed by atoms with van der Waals surface area (Å²) in [6.45, 7) is 0. The molecule has 6 heterocycles. The maximum absolute atomic E-state index is 5.29. The van der Waals surface area contributed by atoms with Crippen LogP contribution < -0.4 is 0 Å². The molecule has 5 nitrogen and oxygen atoms in total. The quantitative estimate of drug-likeness (QED) is 0.193. The van der Waals surface area contributed by atoms with E-state index >= 15 is 0 Å². The topological polar surface area (TPSA) is 59.4 Å². The summed E-state index contributed by atoms with van der Waals surface area (Å²) >= 11 is 0. The van der Waals surface area contributed by atoms with E-state index in [0.717, 1.165) is 89.4 Å². The van der Waals surface area contributed by atoms with Crippen LogP contribution in [-0.2, 0) is 18.6 Å². The van der Waals surface area contributed by atoms with Crippen LogP contribution in [-0.4, -0.2) is 24.5 Å². The summed E-state index contributed by atoms with van der Waals surface area (Å²) in [5.41, 5.74) is 16.5. The van der Waals surface area contributed by atoms with E-state index in [1.807, 2.05) is 30.5 Å². The molecule has 4 aromatic heterocycles. The maximum Gasteiger partial charge on any atom is 0.0737 e. The molecular weight excluding hydrogens is 758 g/mol. The first-order valence-corrected chi connectivity index (χ1v) is 19.4. The second-order valence-corrected chi connectivity index (χ2v) is 14.2.